The number of carbonyl (C=O) groups is 3. The molecule has 2 heterocycles. The number of aromatic nitrogens is 3. The Hall–Kier alpha value is -7.16. The zero-order chi connectivity index (χ0) is 37.7. The number of aromatic amines is 1. The number of nitro benzene ring substituents is 3. The van der Waals surface area contributed by atoms with Gasteiger partial charge in [0.2, 0.25) is 0 Å². The second-order valence-corrected chi connectivity index (χ2v) is 11.0. The number of rotatable bonds is 11. The summed E-state index contributed by atoms with van der Waals surface area (Å²) in [6, 6.07) is 12.9. The van der Waals surface area contributed by atoms with E-state index in [0.717, 1.165) is 77.5 Å². The average Bonchev–Trinajstić information content (AvgIpc) is 3.12. The second kappa shape index (κ2) is 15.2. The van der Waals surface area contributed by atoms with Crippen LogP contribution >= 0.6 is 0 Å². The van der Waals surface area contributed by atoms with Gasteiger partial charge in [0, 0.05) is 42.8 Å². The molecule has 0 radical (unpaired) electrons. The van der Waals surface area contributed by atoms with Crippen LogP contribution < -0.4 is 11.2 Å². The summed E-state index contributed by atoms with van der Waals surface area (Å²) in [5, 5.41) is 37.2. The van der Waals surface area contributed by atoms with Crippen molar-refractivity contribution in [2.75, 3.05) is 6.61 Å². The van der Waals surface area contributed by atoms with Crippen molar-refractivity contribution in [3.63, 3.8) is 0 Å². The maximum atomic E-state index is 13.4. The molecule has 0 aliphatic carbocycles. The normalized spacial score (nSPS) is 18.1. The molecule has 21 heteroatoms. The first-order chi connectivity index (χ1) is 24.7. The number of carbonyl (C=O) groups excluding carboxylic acids is 3. The Morgan fingerprint density at radius 2 is 1.21 bits per heavy atom. The van der Waals surface area contributed by atoms with E-state index in [2.05, 4.69) is 10.1 Å². The molecule has 268 valence electrons. The first kappa shape index (κ1) is 36.1. The van der Waals surface area contributed by atoms with Crippen LogP contribution in [0.5, 0.6) is 0 Å². The van der Waals surface area contributed by atoms with E-state index >= 15 is 0 Å². The summed E-state index contributed by atoms with van der Waals surface area (Å²) in [5.41, 5.74) is -3.42. The molecule has 4 atom stereocenters. The molecule has 21 nitrogen and oxygen atoms in total. The van der Waals surface area contributed by atoms with Gasteiger partial charge in [-0.05, 0) is 43.3 Å². The Bertz CT molecular complexity index is 2170. The summed E-state index contributed by atoms with van der Waals surface area (Å²) < 4.78 is 23.5. The van der Waals surface area contributed by atoms with Crippen molar-refractivity contribution in [2.24, 2.45) is 0 Å². The fraction of sp³-hybridized carbons (Fsp3) is 0.226. The van der Waals surface area contributed by atoms with Crippen LogP contribution in [-0.4, -0.2) is 72.4 Å². The highest BCUT2D eigenvalue weighted by Crippen LogP contribution is 2.32. The lowest BCUT2D eigenvalue weighted by atomic mass is 9.99. The summed E-state index contributed by atoms with van der Waals surface area (Å²) in [6.45, 7) is 0.551. The predicted molar refractivity (Wildman–Crippen MR) is 170 cm³/mol. The topological polar surface area (TPSA) is 285 Å². The number of non-ortho nitro benzene ring substituents is 3. The number of benzene rings is 3. The van der Waals surface area contributed by atoms with Crippen molar-refractivity contribution in [3.05, 3.63) is 146 Å². The Kier molecular flexibility index (Phi) is 10.5. The molecule has 0 bridgehead atoms. The first-order valence-corrected chi connectivity index (χ1v) is 14.9. The highest BCUT2D eigenvalue weighted by Gasteiger charge is 2.46. The van der Waals surface area contributed by atoms with Crippen LogP contribution in [0.25, 0.3) is 0 Å². The molecule has 1 fully saturated rings. The SMILES string of the molecule is Cc1nn(C2CC(OC(=O)c3ccc([N+](=O)[O-])cc3)C(OC(=O)c3ccc([N+](=O)[O-])cc3)C(COC(=O)c3ccc([N+](=O)[O-])cc3)O2)c(=O)[nH]c1=O. The minimum Gasteiger partial charge on any atom is -0.459 e. The van der Waals surface area contributed by atoms with E-state index in [4.69, 9.17) is 18.9 Å². The smallest absolute Gasteiger partial charge is 0.347 e. The molecule has 4 unspecified atom stereocenters. The van der Waals surface area contributed by atoms with Gasteiger partial charge < -0.3 is 18.9 Å². The Labute approximate surface area is 288 Å². The lowest BCUT2D eigenvalue weighted by Gasteiger charge is -2.40. The van der Waals surface area contributed by atoms with Gasteiger partial charge in [0.1, 0.15) is 24.5 Å². The number of nitrogens with one attached hydrogen (secondary N) is 1. The number of nitrogens with zero attached hydrogens (tertiary/aromatic N) is 5. The van der Waals surface area contributed by atoms with Crippen molar-refractivity contribution in [3.8, 4) is 0 Å². The zero-order valence-corrected chi connectivity index (χ0v) is 26.5. The van der Waals surface area contributed by atoms with Gasteiger partial charge in [-0.3, -0.25) is 40.1 Å². The molecule has 52 heavy (non-hydrogen) atoms. The molecule has 0 saturated carbocycles. The van der Waals surface area contributed by atoms with E-state index in [0.29, 0.717) is 0 Å². The minimum atomic E-state index is -1.62. The number of nitro groups is 3. The predicted octanol–water partition coefficient (Wildman–Crippen LogP) is 2.56. The van der Waals surface area contributed by atoms with Crippen LogP contribution in [-0.2, 0) is 18.9 Å². The summed E-state index contributed by atoms with van der Waals surface area (Å²) in [7, 11) is 0. The van der Waals surface area contributed by atoms with Crippen molar-refractivity contribution in [1.29, 1.82) is 0 Å². The Balaban J connectivity index is 1.51. The van der Waals surface area contributed by atoms with Crippen molar-refractivity contribution >= 4 is 35.0 Å². The van der Waals surface area contributed by atoms with E-state index in [9.17, 15) is 54.3 Å². The number of ether oxygens (including phenoxy) is 4. The van der Waals surface area contributed by atoms with Gasteiger partial charge in [0.15, 0.2) is 12.3 Å². The first-order valence-electron chi connectivity index (χ1n) is 14.9. The lowest BCUT2D eigenvalue weighted by Crippen LogP contribution is -2.54. The minimum absolute atomic E-state index is 0.118. The third kappa shape index (κ3) is 8.16. The molecule has 1 saturated heterocycles. The molecule has 4 aromatic rings. The Morgan fingerprint density at radius 3 is 1.67 bits per heavy atom. The van der Waals surface area contributed by atoms with Crippen LogP contribution in [0.1, 0.15) is 49.4 Å². The van der Waals surface area contributed by atoms with Crippen LogP contribution in [0.2, 0.25) is 0 Å². The number of hydrogen-bond acceptors (Lipinski definition) is 16. The van der Waals surface area contributed by atoms with E-state index < -0.39 is 81.5 Å². The van der Waals surface area contributed by atoms with Crippen LogP contribution in [0.15, 0.2) is 82.4 Å². The number of hydrogen-bond donors (Lipinski definition) is 1. The van der Waals surface area contributed by atoms with Crippen LogP contribution in [0.3, 0.4) is 0 Å². The molecular weight excluding hydrogens is 696 g/mol. The summed E-state index contributed by atoms with van der Waals surface area (Å²) in [6.07, 6.45) is -6.59. The fourth-order valence-electron chi connectivity index (χ4n) is 4.95. The molecule has 0 spiro atoms. The van der Waals surface area contributed by atoms with Gasteiger partial charge in [0.25, 0.3) is 22.6 Å². The molecule has 3 aromatic carbocycles. The van der Waals surface area contributed by atoms with Gasteiger partial charge in [-0.25, -0.2) is 19.2 Å². The summed E-state index contributed by atoms with van der Waals surface area (Å²) in [5.74, 6) is -3.15. The molecular formula is C31H24N6O15. The lowest BCUT2D eigenvalue weighted by molar-refractivity contribution is -0.385. The quantitative estimate of drug-likeness (QED) is 0.101. The van der Waals surface area contributed by atoms with E-state index in [1.807, 2.05) is 0 Å². The molecule has 1 N–H and O–H groups in total. The van der Waals surface area contributed by atoms with Gasteiger partial charge in [-0.1, -0.05) is 0 Å². The van der Waals surface area contributed by atoms with Crippen molar-refractivity contribution < 1.29 is 48.1 Å². The van der Waals surface area contributed by atoms with Gasteiger partial charge in [-0.2, -0.15) is 9.78 Å². The molecule has 1 aromatic heterocycles. The van der Waals surface area contributed by atoms with Gasteiger partial charge in [-0.15, -0.1) is 0 Å². The molecule has 1 aliphatic rings. The molecule has 0 amide bonds. The van der Waals surface area contributed by atoms with Crippen molar-refractivity contribution in [2.45, 2.75) is 37.9 Å². The summed E-state index contributed by atoms with van der Waals surface area (Å²) in [4.78, 5) is 97.8. The Morgan fingerprint density at radius 1 is 0.769 bits per heavy atom. The van der Waals surface area contributed by atoms with Gasteiger partial charge >= 0.3 is 23.6 Å². The van der Waals surface area contributed by atoms with E-state index in [1.54, 1.807) is 0 Å². The second-order valence-electron chi connectivity index (χ2n) is 11.0. The maximum absolute atomic E-state index is 13.4. The largest absolute Gasteiger partial charge is 0.459 e. The highest BCUT2D eigenvalue weighted by molar-refractivity contribution is 5.91. The van der Waals surface area contributed by atoms with Crippen molar-refractivity contribution in [1.82, 2.24) is 14.8 Å². The fourth-order valence-corrected chi connectivity index (χ4v) is 4.95. The zero-order valence-electron chi connectivity index (χ0n) is 26.5. The third-order valence-corrected chi connectivity index (χ3v) is 7.61. The standard InChI is InChI=1S/C31H24N6O15/c1-16-27(38)32-31(42)34(33-16)25-14-23(51-29(40)18-4-10-21(11-5-18)36(45)46)26(52-30(41)19-6-12-22(13-7-19)37(47)48)24(50-25)15-49-28(39)17-2-8-20(9-3-17)35(43)44/h2-13,23-26H,14-15H2,1H3,(H,32,38,42). The molecule has 5 rings (SSSR count). The van der Waals surface area contributed by atoms with Crippen LogP contribution in [0.4, 0.5) is 17.1 Å². The van der Waals surface area contributed by atoms with Crippen LogP contribution in [0, 0.1) is 37.3 Å². The third-order valence-electron chi connectivity index (χ3n) is 7.61. The summed E-state index contributed by atoms with van der Waals surface area (Å²) >= 11 is 0. The van der Waals surface area contributed by atoms with E-state index in [1.165, 1.54) is 6.92 Å². The van der Waals surface area contributed by atoms with E-state index in [-0.39, 0.29) is 39.4 Å². The average molecular weight is 721 g/mol. The number of esters is 3. The maximum Gasteiger partial charge on any atom is 0.347 e. The number of aryl methyl sites for hydroxylation is 1. The van der Waals surface area contributed by atoms with Gasteiger partial charge in [0.05, 0.1) is 31.5 Å². The molecule has 1 aliphatic heterocycles. The monoisotopic (exact) mass is 720 g/mol. The highest BCUT2D eigenvalue weighted by atomic mass is 16.6. The number of H-pyrrole nitrogens is 1.